The summed E-state index contributed by atoms with van der Waals surface area (Å²) >= 11 is 6.03. The number of ether oxygens (including phenoxy) is 1. The minimum Gasteiger partial charge on any atom is -0.453 e. The van der Waals surface area contributed by atoms with E-state index in [0.29, 0.717) is 22.4 Å². The van der Waals surface area contributed by atoms with Gasteiger partial charge in [0.05, 0.1) is 17.4 Å². The van der Waals surface area contributed by atoms with Crippen LogP contribution in [0.5, 0.6) is 11.5 Å². The molecule has 1 aromatic heterocycles. The summed E-state index contributed by atoms with van der Waals surface area (Å²) in [6.07, 6.45) is 4.30. The molecule has 0 spiro atoms. The van der Waals surface area contributed by atoms with E-state index in [1.54, 1.807) is 18.5 Å². The summed E-state index contributed by atoms with van der Waals surface area (Å²) in [5.74, 6) is 2.74. The zero-order valence-corrected chi connectivity index (χ0v) is 11.1. The fourth-order valence-corrected chi connectivity index (χ4v) is 2.08. The van der Waals surface area contributed by atoms with Crippen LogP contribution in [0.2, 0.25) is 5.02 Å². The molecule has 0 amide bonds. The molecule has 1 fully saturated rings. The van der Waals surface area contributed by atoms with Gasteiger partial charge in [-0.2, -0.15) is 0 Å². The van der Waals surface area contributed by atoms with Gasteiger partial charge >= 0.3 is 0 Å². The molecular formula is C14H14ClN3O. The van der Waals surface area contributed by atoms with Crippen LogP contribution in [0, 0.1) is 5.92 Å². The third-order valence-electron chi connectivity index (χ3n) is 3.08. The predicted octanol–water partition coefficient (Wildman–Crippen LogP) is 2.68. The summed E-state index contributed by atoms with van der Waals surface area (Å²) in [5, 5.41) is 3.81. The minimum atomic E-state index is 0.576. The van der Waals surface area contributed by atoms with Gasteiger partial charge in [-0.15, -0.1) is 0 Å². The van der Waals surface area contributed by atoms with E-state index in [2.05, 4.69) is 15.3 Å². The van der Waals surface area contributed by atoms with Gasteiger partial charge in [-0.1, -0.05) is 23.7 Å². The van der Waals surface area contributed by atoms with E-state index in [1.165, 1.54) is 0 Å². The normalized spacial score (nSPS) is 15.0. The number of rotatable bonds is 4. The van der Waals surface area contributed by atoms with Crippen LogP contribution in [0.4, 0.5) is 0 Å². The molecular weight excluding hydrogens is 262 g/mol. The van der Waals surface area contributed by atoms with Crippen LogP contribution < -0.4 is 10.1 Å². The fraction of sp³-hybridized carbons (Fsp3) is 0.286. The summed E-state index contributed by atoms with van der Waals surface area (Å²) in [6.45, 7) is 2.11. The van der Waals surface area contributed by atoms with Crippen molar-refractivity contribution in [2.24, 2.45) is 5.92 Å². The van der Waals surface area contributed by atoms with Crippen LogP contribution in [0.25, 0.3) is 0 Å². The minimum absolute atomic E-state index is 0.576. The Kier molecular flexibility index (Phi) is 3.62. The molecule has 1 N–H and O–H groups in total. The first-order valence-electron chi connectivity index (χ1n) is 6.25. The van der Waals surface area contributed by atoms with Crippen LogP contribution in [0.1, 0.15) is 5.82 Å². The van der Waals surface area contributed by atoms with Gasteiger partial charge in [-0.25, -0.2) is 9.97 Å². The van der Waals surface area contributed by atoms with Gasteiger partial charge in [0.25, 0.3) is 0 Å². The predicted molar refractivity (Wildman–Crippen MR) is 73.6 cm³/mol. The van der Waals surface area contributed by atoms with Crippen LogP contribution >= 0.6 is 11.6 Å². The third kappa shape index (κ3) is 3.03. The fourth-order valence-electron chi connectivity index (χ4n) is 1.91. The zero-order valence-electron chi connectivity index (χ0n) is 10.3. The maximum absolute atomic E-state index is 6.03. The van der Waals surface area contributed by atoms with E-state index >= 15 is 0 Å². The first-order chi connectivity index (χ1) is 9.31. The van der Waals surface area contributed by atoms with E-state index in [1.807, 2.05) is 18.2 Å². The van der Waals surface area contributed by atoms with Crippen molar-refractivity contribution < 1.29 is 4.74 Å². The van der Waals surface area contributed by atoms with Crippen molar-refractivity contribution in [2.75, 3.05) is 13.1 Å². The highest BCUT2D eigenvalue weighted by atomic mass is 35.5. The Hall–Kier alpha value is -1.65. The number of nitrogens with zero attached hydrogens (tertiary/aromatic N) is 2. The van der Waals surface area contributed by atoms with Crippen molar-refractivity contribution in [3.05, 3.63) is 47.5 Å². The molecule has 4 nitrogen and oxygen atoms in total. The Morgan fingerprint density at radius 3 is 2.58 bits per heavy atom. The van der Waals surface area contributed by atoms with Gasteiger partial charge in [0.1, 0.15) is 11.6 Å². The zero-order chi connectivity index (χ0) is 13.1. The number of hydrogen-bond donors (Lipinski definition) is 1. The molecule has 2 heterocycles. The number of halogens is 1. The summed E-state index contributed by atoms with van der Waals surface area (Å²) in [5.41, 5.74) is 0. The number of para-hydroxylation sites is 1. The number of hydrogen-bond acceptors (Lipinski definition) is 4. The van der Waals surface area contributed by atoms with Crippen molar-refractivity contribution in [1.82, 2.24) is 15.3 Å². The average Bonchev–Trinajstić information content (AvgIpc) is 2.38. The third-order valence-corrected chi connectivity index (χ3v) is 3.40. The summed E-state index contributed by atoms with van der Waals surface area (Å²) in [4.78, 5) is 8.64. The van der Waals surface area contributed by atoms with E-state index in [9.17, 15) is 0 Å². The highest BCUT2D eigenvalue weighted by molar-refractivity contribution is 6.32. The summed E-state index contributed by atoms with van der Waals surface area (Å²) < 4.78 is 5.64. The van der Waals surface area contributed by atoms with Crippen LogP contribution in [-0.4, -0.2) is 23.1 Å². The van der Waals surface area contributed by atoms with Crippen molar-refractivity contribution in [1.29, 1.82) is 0 Å². The lowest BCUT2D eigenvalue weighted by atomic mass is 9.99. The van der Waals surface area contributed by atoms with E-state index in [0.717, 1.165) is 25.3 Å². The molecule has 1 aliphatic rings. The van der Waals surface area contributed by atoms with Crippen molar-refractivity contribution in [3.63, 3.8) is 0 Å². The second-order valence-electron chi connectivity index (χ2n) is 4.60. The van der Waals surface area contributed by atoms with Gasteiger partial charge in [0, 0.05) is 6.42 Å². The molecule has 0 saturated carbocycles. The quantitative estimate of drug-likeness (QED) is 0.932. The number of benzene rings is 1. The van der Waals surface area contributed by atoms with Crippen molar-refractivity contribution >= 4 is 11.6 Å². The first kappa shape index (κ1) is 12.4. The molecule has 0 unspecified atom stereocenters. The number of nitrogens with one attached hydrogen (secondary N) is 1. The molecule has 2 aromatic rings. The largest absolute Gasteiger partial charge is 0.453 e. The Labute approximate surface area is 116 Å². The van der Waals surface area contributed by atoms with Gasteiger partial charge in [0.15, 0.2) is 5.75 Å². The van der Waals surface area contributed by atoms with E-state index < -0.39 is 0 Å². The highest BCUT2D eigenvalue weighted by Crippen LogP contribution is 2.28. The maximum atomic E-state index is 6.03. The summed E-state index contributed by atoms with van der Waals surface area (Å²) in [7, 11) is 0. The van der Waals surface area contributed by atoms with E-state index in [4.69, 9.17) is 16.3 Å². The monoisotopic (exact) mass is 275 g/mol. The molecule has 3 rings (SSSR count). The lowest BCUT2D eigenvalue weighted by Gasteiger charge is -2.26. The molecule has 0 atom stereocenters. The first-order valence-corrected chi connectivity index (χ1v) is 6.63. The molecule has 1 aromatic carbocycles. The molecule has 98 valence electrons. The Morgan fingerprint density at radius 2 is 1.95 bits per heavy atom. The van der Waals surface area contributed by atoms with Gasteiger partial charge in [-0.05, 0) is 31.1 Å². The highest BCUT2D eigenvalue weighted by Gasteiger charge is 2.18. The van der Waals surface area contributed by atoms with Crippen molar-refractivity contribution in [2.45, 2.75) is 6.42 Å². The van der Waals surface area contributed by atoms with Crippen LogP contribution in [-0.2, 0) is 6.42 Å². The lowest BCUT2D eigenvalue weighted by Crippen LogP contribution is -2.43. The molecule has 0 radical (unpaired) electrons. The standard InChI is InChI=1S/C14H14ClN3O/c15-12-3-1-2-4-13(12)19-11-8-17-14(18-9-11)5-10-6-16-7-10/h1-4,8-10,16H,5-7H2. The second kappa shape index (κ2) is 5.55. The van der Waals surface area contributed by atoms with Gasteiger partial charge in [0.2, 0.25) is 0 Å². The molecule has 1 aliphatic heterocycles. The average molecular weight is 276 g/mol. The Balaban J connectivity index is 1.67. The van der Waals surface area contributed by atoms with Crippen LogP contribution in [0.15, 0.2) is 36.7 Å². The molecule has 0 aliphatic carbocycles. The Morgan fingerprint density at radius 1 is 1.21 bits per heavy atom. The van der Waals surface area contributed by atoms with E-state index in [-0.39, 0.29) is 0 Å². The molecule has 1 saturated heterocycles. The smallest absolute Gasteiger partial charge is 0.164 e. The molecule has 5 heteroatoms. The summed E-state index contributed by atoms with van der Waals surface area (Å²) in [6, 6.07) is 7.34. The number of aromatic nitrogens is 2. The van der Waals surface area contributed by atoms with Gasteiger partial charge < -0.3 is 10.1 Å². The SMILES string of the molecule is Clc1ccccc1Oc1cnc(CC2CNC2)nc1. The topological polar surface area (TPSA) is 47.0 Å². The Bertz CT molecular complexity index is 555. The van der Waals surface area contributed by atoms with Crippen molar-refractivity contribution in [3.8, 4) is 11.5 Å². The van der Waals surface area contributed by atoms with Crippen LogP contribution in [0.3, 0.4) is 0 Å². The molecule has 19 heavy (non-hydrogen) atoms. The lowest BCUT2D eigenvalue weighted by molar-refractivity contribution is 0.340. The van der Waals surface area contributed by atoms with Gasteiger partial charge in [-0.3, -0.25) is 0 Å². The molecule has 0 bridgehead atoms. The maximum Gasteiger partial charge on any atom is 0.164 e. The second-order valence-corrected chi connectivity index (χ2v) is 5.00.